The second kappa shape index (κ2) is 4.18. The Morgan fingerprint density at radius 1 is 1.60 bits per heavy atom. The molecule has 7 nitrogen and oxygen atoms in total. The Balaban J connectivity index is 2.17. The van der Waals surface area contributed by atoms with E-state index in [0.29, 0.717) is 17.4 Å². The van der Waals surface area contributed by atoms with Crippen LogP contribution in [0.4, 0.5) is 0 Å². The lowest BCUT2D eigenvalue weighted by molar-refractivity contribution is 0.348. The van der Waals surface area contributed by atoms with E-state index in [1.165, 1.54) is 6.20 Å². The van der Waals surface area contributed by atoms with Crippen LogP contribution < -0.4 is 5.73 Å². The van der Waals surface area contributed by atoms with Gasteiger partial charge in [0.25, 0.3) is 0 Å². The van der Waals surface area contributed by atoms with Gasteiger partial charge >= 0.3 is 0 Å². The Bertz CT molecular complexity index is 408. The zero-order chi connectivity index (χ0) is 10.7. The number of H-pyrrole nitrogens is 1. The minimum Gasteiger partial charge on any atom is -0.337 e. The van der Waals surface area contributed by atoms with Gasteiger partial charge in [0.15, 0.2) is 5.69 Å². The third-order valence-electron chi connectivity index (χ3n) is 2.00. The highest BCUT2D eigenvalue weighted by molar-refractivity contribution is 5.44. The molecule has 0 aliphatic rings. The molecule has 0 amide bonds. The summed E-state index contributed by atoms with van der Waals surface area (Å²) in [7, 11) is 0. The van der Waals surface area contributed by atoms with Crippen molar-refractivity contribution in [3.8, 4) is 11.5 Å². The number of nitrogens with two attached hydrogens (primary N) is 1. The molecule has 0 aromatic carbocycles. The maximum Gasteiger partial charge on any atom is 0.243 e. The third-order valence-corrected chi connectivity index (χ3v) is 2.00. The lowest BCUT2D eigenvalue weighted by Crippen LogP contribution is -2.09. The number of hydrogen-bond donors (Lipinski definition) is 2. The van der Waals surface area contributed by atoms with Crippen LogP contribution in [0.5, 0.6) is 0 Å². The molecule has 0 saturated heterocycles. The van der Waals surface area contributed by atoms with Crippen LogP contribution in [0.3, 0.4) is 0 Å². The summed E-state index contributed by atoms with van der Waals surface area (Å²) in [5.74, 6) is 0.847. The molecule has 2 aromatic heterocycles. The highest BCUT2D eigenvalue weighted by Crippen LogP contribution is 2.17. The zero-order valence-corrected chi connectivity index (χ0v) is 8.34. The fourth-order valence-electron chi connectivity index (χ4n) is 1.23. The van der Waals surface area contributed by atoms with Gasteiger partial charge in [0.1, 0.15) is 0 Å². The van der Waals surface area contributed by atoms with Gasteiger partial charge in [-0.15, -0.1) is 0 Å². The van der Waals surface area contributed by atoms with Crippen LogP contribution in [-0.4, -0.2) is 25.6 Å². The molecule has 0 fully saturated rings. The fraction of sp³-hybridized carbons (Fsp3) is 0.500. The number of rotatable bonds is 4. The molecule has 0 aliphatic heterocycles. The molecular weight excluding hydrogens is 196 g/mol. The lowest BCUT2D eigenvalue weighted by Gasteiger charge is -2.01. The highest BCUT2D eigenvalue weighted by Gasteiger charge is 2.15. The standard InChI is InChI=1S/C8H12N6O/c1-2-3-5(9)8-11-7(13-15-8)6-4-10-14-12-6/h4-5H,2-3,9H2,1H3,(H,10,12,14)/t5-/m0/s1. The van der Waals surface area contributed by atoms with Gasteiger partial charge in [-0.1, -0.05) is 18.5 Å². The number of aromatic amines is 1. The van der Waals surface area contributed by atoms with Crippen LogP contribution in [0.15, 0.2) is 10.7 Å². The minimum atomic E-state index is -0.205. The van der Waals surface area contributed by atoms with E-state index in [1.807, 2.05) is 0 Å². The van der Waals surface area contributed by atoms with Gasteiger partial charge in [-0.05, 0) is 6.42 Å². The first-order valence-electron chi connectivity index (χ1n) is 4.76. The summed E-state index contributed by atoms with van der Waals surface area (Å²) in [4.78, 5) is 4.15. The predicted octanol–water partition coefficient (Wildman–Crippen LogP) is 0.655. The van der Waals surface area contributed by atoms with Crippen molar-refractivity contribution in [2.24, 2.45) is 5.73 Å². The van der Waals surface area contributed by atoms with Crippen LogP contribution in [-0.2, 0) is 0 Å². The third kappa shape index (κ3) is 2.01. The monoisotopic (exact) mass is 208 g/mol. The molecule has 7 heteroatoms. The summed E-state index contributed by atoms with van der Waals surface area (Å²) in [6.45, 7) is 2.05. The molecule has 0 spiro atoms. The van der Waals surface area contributed by atoms with E-state index in [4.69, 9.17) is 10.3 Å². The summed E-state index contributed by atoms with van der Waals surface area (Å²) in [6.07, 6.45) is 3.32. The molecule has 0 radical (unpaired) electrons. The van der Waals surface area contributed by atoms with Crippen molar-refractivity contribution in [1.82, 2.24) is 25.6 Å². The molecule has 3 N–H and O–H groups in total. The largest absolute Gasteiger partial charge is 0.337 e. The molecule has 2 aromatic rings. The van der Waals surface area contributed by atoms with E-state index in [9.17, 15) is 0 Å². The predicted molar refractivity (Wildman–Crippen MR) is 51.5 cm³/mol. The lowest BCUT2D eigenvalue weighted by atomic mass is 10.2. The van der Waals surface area contributed by atoms with Gasteiger partial charge in [0.2, 0.25) is 11.7 Å². The average Bonchev–Trinajstić information content (AvgIpc) is 2.89. The summed E-state index contributed by atoms with van der Waals surface area (Å²) >= 11 is 0. The van der Waals surface area contributed by atoms with Gasteiger partial charge in [-0.25, -0.2) is 0 Å². The second-order valence-electron chi connectivity index (χ2n) is 3.21. The Morgan fingerprint density at radius 3 is 3.13 bits per heavy atom. The van der Waals surface area contributed by atoms with E-state index >= 15 is 0 Å². The van der Waals surface area contributed by atoms with Gasteiger partial charge in [0.05, 0.1) is 12.2 Å². The highest BCUT2D eigenvalue weighted by atomic mass is 16.5. The first-order chi connectivity index (χ1) is 7.31. The van der Waals surface area contributed by atoms with Crippen molar-refractivity contribution in [2.75, 3.05) is 0 Å². The quantitative estimate of drug-likeness (QED) is 0.764. The van der Waals surface area contributed by atoms with Crippen LogP contribution >= 0.6 is 0 Å². The van der Waals surface area contributed by atoms with Crippen molar-refractivity contribution in [3.63, 3.8) is 0 Å². The van der Waals surface area contributed by atoms with Crippen molar-refractivity contribution < 1.29 is 4.52 Å². The van der Waals surface area contributed by atoms with Crippen LogP contribution in [0.2, 0.25) is 0 Å². The number of hydrogen-bond acceptors (Lipinski definition) is 6. The molecule has 2 heterocycles. The smallest absolute Gasteiger partial charge is 0.243 e. The first-order valence-corrected chi connectivity index (χ1v) is 4.76. The molecule has 80 valence electrons. The van der Waals surface area contributed by atoms with Crippen LogP contribution in [0, 0.1) is 0 Å². The maximum absolute atomic E-state index is 5.83. The van der Waals surface area contributed by atoms with Crippen molar-refractivity contribution in [3.05, 3.63) is 12.1 Å². The summed E-state index contributed by atoms with van der Waals surface area (Å²) in [5, 5.41) is 13.8. The summed E-state index contributed by atoms with van der Waals surface area (Å²) < 4.78 is 5.04. The van der Waals surface area contributed by atoms with Gasteiger partial charge in [-0.2, -0.15) is 20.4 Å². The van der Waals surface area contributed by atoms with Crippen LogP contribution in [0.1, 0.15) is 31.7 Å². The second-order valence-corrected chi connectivity index (χ2v) is 3.21. The van der Waals surface area contributed by atoms with Gasteiger partial charge in [-0.3, -0.25) is 0 Å². The molecule has 15 heavy (non-hydrogen) atoms. The van der Waals surface area contributed by atoms with Gasteiger partial charge < -0.3 is 10.3 Å². The number of nitrogens with zero attached hydrogens (tertiary/aromatic N) is 4. The Hall–Kier alpha value is -1.76. The normalized spacial score (nSPS) is 12.9. The molecule has 0 aliphatic carbocycles. The molecule has 1 atom stereocenters. The zero-order valence-electron chi connectivity index (χ0n) is 8.34. The topological polar surface area (TPSA) is 107 Å². The maximum atomic E-state index is 5.83. The summed E-state index contributed by atoms with van der Waals surface area (Å²) in [5.41, 5.74) is 6.38. The Labute approximate surface area is 86.1 Å². The Morgan fingerprint density at radius 2 is 2.47 bits per heavy atom. The fourth-order valence-corrected chi connectivity index (χ4v) is 1.23. The van der Waals surface area contributed by atoms with Crippen molar-refractivity contribution >= 4 is 0 Å². The molecular formula is C8H12N6O. The molecule has 2 rings (SSSR count). The van der Waals surface area contributed by atoms with E-state index in [-0.39, 0.29) is 6.04 Å². The number of nitrogens with one attached hydrogen (secondary N) is 1. The summed E-state index contributed by atoms with van der Waals surface area (Å²) in [6, 6.07) is -0.205. The van der Waals surface area contributed by atoms with E-state index in [1.54, 1.807) is 0 Å². The Kier molecular flexibility index (Phi) is 2.72. The van der Waals surface area contributed by atoms with E-state index < -0.39 is 0 Å². The molecule has 0 unspecified atom stereocenters. The SMILES string of the molecule is CCC[C@H](N)c1nc(-c2cn[nH]n2)no1. The van der Waals surface area contributed by atoms with Gasteiger partial charge in [0, 0.05) is 0 Å². The van der Waals surface area contributed by atoms with E-state index in [2.05, 4.69) is 32.5 Å². The minimum absolute atomic E-state index is 0.205. The molecule has 0 bridgehead atoms. The van der Waals surface area contributed by atoms with Crippen molar-refractivity contribution in [1.29, 1.82) is 0 Å². The van der Waals surface area contributed by atoms with Crippen LogP contribution in [0.25, 0.3) is 11.5 Å². The molecule has 0 saturated carbocycles. The van der Waals surface area contributed by atoms with Crippen molar-refractivity contribution in [2.45, 2.75) is 25.8 Å². The number of aromatic nitrogens is 5. The first kappa shape index (κ1) is 9.78. The van der Waals surface area contributed by atoms with E-state index in [0.717, 1.165) is 12.8 Å². The average molecular weight is 208 g/mol.